The minimum absolute atomic E-state index is 0.0656. The zero-order chi connectivity index (χ0) is 13.8. The molecule has 0 aliphatic carbocycles. The molecule has 0 aromatic carbocycles. The smallest absolute Gasteiger partial charge is 0.226 e. The Morgan fingerprint density at radius 2 is 2.05 bits per heavy atom. The van der Waals surface area contributed by atoms with Gasteiger partial charge in [-0.05, 0) is 18.5 Å². The highest BCUT2D eigenvalue weighted by molar-refractivity contribution is 6.33. The summed E-state index contributed by atoms with van der Waals surface area (Å²) in [7, 11) is 0. The summed E-state index contributed by atoms with van der Waals surface area (Å²) in [5, 5.41) is 9.50. The van der Waals surface area contributed by atoms with Gasteiger partial charge in [0, 0.05) is 13.1 Å². The van der Waals surface area contributed by atoms with E-state index in [2.05, 4.69) is 9.97 Å². The second kappa shape index (κ2) is 6.56. The van der Waals surface area contributed by atoms with E-state index >= 15 is 0 Å². The molecule has 2 rings (SSSR count). The Morgan fingerprint density at radius 1 is 1.37 bits per heavy atom. The SMILES string of the molecule is C[C@@H](O)COc1c(Cl)nc(Cl)nc1N1CCOCC1. The maximum absolute atomic E-state index is 9.29. The Morgan fingerprint density at radius 3 is 2.68 bits per heavy atom. The van der Waals surface area contributed by atoms with Crippen molar-refractivity contribution in [1.82, 2.24) is 9.97 Å². The van der Waals surface area contributed by atoms with E-state index in [1.54, 1.807) is 6.92 Å². The van der Waals surface area contributed by atoms with Gasteiger partial charge >= 0.3 is 0 Å². The van der Waals surface area contributed by atoms with Crippen LogP contribution in [0.2, 0.25) is 10.4 Å². The highest BCUT2D eigenvalue weighted by Crippen LogP contribution is 2.34. The lowest BCUT2D eigenvalue weighted by atomic mass is 10.4. The molecule has 1 aromatic heterocycles. The van der Waals surface area contributed by atoms with Crippen molar-refractivity contribution in [2.75, 3.05) is 37.8 Å². The summed E-state index contributed by atoms with van der Waals surface area (Å²) in [6.07, 6.45) is -0.607. The maximum Gasteiger partial charge on any atom is 0.226 e. The van der Waals surface area contributed by atoms with E-state index < -0.39 is 6.10 Å². The lowest BCUT2D eigenvalue weighted by Crippen LogP contribution is -2.37. The van der Waals surface area contributed by atoms with E-state index in [0.717, 1.165) is 0 Å². The minimum atomic E-state index is -0.607. The van der Waals surface area contributed by atoms with Crippen molar-refractivity contribution in [3.63, 3.8) is 0 Å². The fourth-order valence-corrected chi connectivity index (χ4v) is 2.13. The zero-order valence-electron chi connectivity index (χ0n) is 10.5. The van der Waals surface area contributed by atoms with E-state index in [1.807, 2.05) is 4.90 Å². The van der Waals surface area contributed by atoms with Gasteiger partial charge in [-0.25, -0.2) is 4.98 Å². The first kappa shape index (κ1) is 14.6. The van der Waals surface area contributed by atoms with Crippen LogP contribution in [0.3, 0.4) is 0 Å². The van der Waals surface area contributed by atoms with Gasteiger partial charge in [0.15, 0.2) is 16.7 Å². The monoisotopic (exact) mass is 307 g/mol. The number of ether oxygens (including phenoxy) is 2. The number of hydrogen-bond acceptors (Lipinski definition) is 6. The van der Waals surface area contributed by atoms with Crippen LogP contribution in [0.4, 0.5) is 5.82 Å². The molecule has 1 aliphatic heterocycles. The Labute approximate surface area is 121 Å². The number of nitrogens with zero attached hydrogens (tertiary/aromatic N) is 3. The van der Waals surface area contributed by atoms with Gasteiger partial charge in [-0.1, -0.05) is 11.6 Å². The predicted molar refractivity (Wildman–Crippen MR) is 72.3 cm³/mol. The number of halogens is 2. The second-order valence-electron chi connectivity index (χ2n) is 4.20. The van der Waals surface area contributed by atoms with E-state index in [0.29, 0.717) is 37.9 Å². The van der Waals surface area contributed by atoms with Crippen molar-refractivity contribution in [3.8, 4) is 5.75 Å². The number of rotatable bonds is 4. The number of aliphatic hydroxyl groups excluding tert-OH is 1. The summed E-state index contributed by atoms with van der Waals surface area (Å²) < 4.78 is 10.8. The average molecular weight is 308 g/mol. The summed E-state index contributed by atoms with van der Waals surface area (Å²) in [6, 6.07) is 0. The second-order valence-corrected chi connectivity index (χ2v) is 4.89. The topological polar surface area (TPSA) is 67.7 Å². The molecule has 1 fully saturated rings. The highest BCUT2D eigenvalue weighted by Gasteiger charge is 2.22. The third-order valence-electron chi connectivity index (χ3n) is 2.56. The van der Waals surface area contributed by atoms with Crippen molar-refractivity contribution >= 4 is 29.0 Å². The largest absolute Gasteiger partial charge is 0.484 e. The summed E-state index contributed by atoms with van der Waals surface area (Å²) in [6.45, 7) is 4.30. The van der Waals surface area contributed by atoms with Crippen molar-refractivity contribution in [2.45, 2.75) is 13.0 Å². The molecule has 0 unspecified atom stereocenters. The standard InChI is InChI=1S/C11H15Cl2N3O3/c1-7(17)6-19-8-9(12)14-11(13)15-10(8)16-2-4-18-5-3-16/h7,17H,2-6H2,1H3/t7-/m1/s1. The summed E-state index contributed by atoms with van der Waals surface area (Å²) in [5.74, 6) is 0.878. The van der Waals surface area contributed by atoms with Crippen molar-refractivity contribution in [2.24, 2.45) is 0 Å². The molecule has 1 aromatic rings. The van der Waals surface area contributed by atoms with Crippen LogP contribution in [0.25, 0.3) is 0 Å². The summed E-state index contributed by atoms with van der Waals surface area (Å²) in [4.78, 5) is 10.0. The van der Waals surface area contributed by atoms with Crippen LogP contribution in [0, 0.1) is 0 Å². The molecular formula is C11H15Cl2N3O3. The van der Waals surface area contributed by atoms with Crippen LogP contribution in [0.1, 0.15) is 6.92 Å². The molecule has 1 saturated heterocycles. The molecule has 0 radical (unpaired) electrons. The third kappa shape index (κ3) is 3.82. The molecular weight excluding hydrogens is 293 g/mol. The Balaban J connectivity index is 2.27. The van der Waals surface area contributed by atoms with Gasteiger partial charge in [0.25, 0.3) is 0 Å². The van der Waals surface area contributed by atoms with E-state index in [-0.39, 0.29) is 17.0 Å². The third-order valence-corrected chi connectivity index (χ3v) is 2.98. The van der Waals surface area contributed by atoms with Crippen molar-refractivity contribution in [3.05, 3.63) is 10.4 Å². The van der Waals surface area contributed by atoms with Gasteiger partial charge < -0.3 is 19.5 Å². The molecule has 106 valence electrons. The van der Waals surface area contributed by atoms with Crippen molar-refractivity contribution in [1.29, 1.82) is 0 Å². The first-order valence-corrected chi connectivity index (χ1v) is 6.70. The van der Waals surface area contributed by atoms with Gasteiger partial charge in [-0.2, -0.15) is 4.98 Å². The van der Waals surface area contributed by atoms with Crippen molar-refractivity contribution < 1.29 is 14.6 Å². The van der Waals surface area contributed by atoms with Gasteiger partial charge in [0.05, 0.1) is 19.3 Å². The quantitative estimate of drug-likeness (QED) is 0.669. The molecule has 1 aliphatic rings. The zero-order valence-corrected chi connectivity index (χ0v) is 12.0. The average Bonchev–Trinajstić information content (AvgIpc) is 2.37. The molecule has 19 heavy (non-hydrogen) atoms. The predicted octanol–water partition coefficient (Wildman–Crippen LogP) is 1.38. The molecule has 0 saturated carbocycles. The highest BCUT2D eigenvalue weighted by atomic mass is 35.5. The number of anilines is 1. The normalized spacial score (nSPS) is 17.4. The first-order valence-electron chi connectivity index (χ1n) is 5.94. The molecule has 6 nitrogen and oxygen atoms in total. The fraction of sp³-hybridized carbons (Fsp3) is 0.636. The van der Waals surface area contributed by atoms with Crippen LogP contribution in [-0.2, 0) is 4.74 Å². The van der Waals surface area contributed by atoms with Gasteiger partial charge in [-0.3, -0.25) is 0 Å². The molecule has 0 spiro atoms. The number of aromatic nitrogens is 2. The fourth-order valence-electron chi connectivity index (χ4n) is 1.70. The van der Waals surface area contributed by atoms with E-state index in [4.69, 9.17) is 32.7 Å². The Hall–Kier alpha value is -0.820. The first-order chi connectivity index (χ1) is 9.08. The van der Waals surface area contributed by atoms with Crippen LogP contribution < -0.4 is 9.64 Å². The molecule has 2 heterocycles. The van der Waals surface area contributed by atoms with Gasteiger partial charge in [0.2, 0.25) is 5.28 Å². The molecule has 1 N–H and O–H groups in total. The Bertz CT molecular complexity index is 439. The molecule has 0 bridgehead atoms. The van der Waals surface area contributed by atoms with Crippen LogP contribution in [-0.4, -0.2) is 54.1 Å². The molecule has 8 heteroatoms. The molecule has 0 amide bonds. The van der Waals surface area contributed by atoms with Crippen LogP contribution in [0.5, 0.6) is 5.75 Å². The molecule has 1 atom stereocenters. The summed E-state index contributed by atoms with van der Waals surface area (Å²) >= 11 is 11.9. The lowest BCUT2D eigenvalue weighted by Gasteiger charge is -2.29. The van der Waals surface area contributed by atoms with E-state index in [1.165, 1.54) is 0 Å². The van der Waals surface area contributed by atoms with Crippen LogP contribution in [0.15, 0.2) is 0 Å². The lowest BCUT2D eigenvalue weighted by molar-refractivity contribution is 0.117. The van der Waals surface area contributed by atoms with E-state index in [9.17, 15) is 5.11 Å². The number of aliphatic hydroxyl groups is 1. The number of hydrogen-bond donors (Lipinski definition) is 1. The minimum Gasteiger partial charge on any atom is -0.484 e. The van der Waals surface area contributed by atoms with Gasteiger partial charge in [-0.15, -0.1) is 0 Å². The number of morpholine rings is 1. The summed E-state index contributed by atoms with van der Waals surface area (Å²) in [5.41, 5.74) is 0. The van der Waals surface area contributed by atoms with Gasteiger partial charge in [0.1, 0.15) is 6.61 Å². The Kier molecular flexibility index (Phi) is 5.04. The van der Waals surface area contributed by atoms with Crippen LogP contribution >= 0.6 is 23.2 Å². The maximum atomic E-state index is 9.29.